The van der Waals surface area contributed by atoms with Crippen LogP contribution in [0, 0.1) is 5.92 Å². The number of carboxylic acids is 1. The van der Waals surface area contributed by atoms with Crippen LogP contribution in [0.2, 0.25) is 5.02 Å². The molecule has 1 amide bonds. The number of aliphatic carboxylic acids is 1. The predicted molar refractivity (Wildman–Crippen MR) is 198 cm³/mol. The highest BCUT2D eigenvalue weighted by Crippen LogP contribution is 2.41. The number of fused-ring (bicyclic) bond motifs is 1. The highest BCUT2D eigenvalue weighted by atomic mass is 35.5. The van der Waals surface area contributed by atoms with Gasteiger partial charge in [-0.25, -0.2) is 9.67 Å². The van der Waals surface area contributed by atoms with Crippen molar-refractivity contribution < 1.29 is 28.9 Å². The van der Waals surface area contributed by atoms with Crippen molar-refractivity contribution in [3.63, 3.8) is 0 Å². The molecule has 2 saturated heterocycles. The number of carbonyl (C=O) groups excluding carboxylic acids is 1. The van der Waals surface area contributed by atoms with Crippen LogP contribution in [0.1, 0.15) is 30.4 Å². The number of methoxy groups -OCH3 is 3. The van der Waals surface area contributed by atoms with Gasteiger partial charge in [0, 0.05) is 72.9 Å². The van der Waals surface area contributed by atoms with Crippen molar-refractivity contribution in [2.24, 2.45) is 5.92 Å². The molecule has 5 aromatic rings. The van der Waals surface area contributed by atoms with Crippen molar-refractivity contribution in [3.8, 4) is 45.5 Å². The number of amides is 1. The lowest BCUT2D eigenvalue weighted by molar-refractivity contribution is -0.141. The van der Waals surface area contributed by atoms with E-state index in [0.717, 1.165) is 50.8 Å². The molecule has 0 radical (unpaired) electrons. The van der Waals surface area contributed by atoms with E-state index in [2.05, 4.69) is 15.5 Å². The molecule has 3 N–H and O–H groups in total. The van der Waals surface area contributed by atoms with Crippen molar-refractivity contribution in [2.75, 3.05) is 41.0 Å². The summed E-state index contributed by atoms with van der Waals surface area (Å²) in [5, 5.41) is 22.1. The number of nitrogens with one attached hydrogen (secondary N) is 2. The molecule has 0 bridgehead atoms. The first-order chi connectivity index (χ1) is 25.3. The fraction of sp³-hybridized carbons (Fsp3) is 0.333. The minimum Gasteiger partial charge on any atom is -0.496 e. The highest BCUT2D eigenvalue weighted by Gasteiger charge is 2.29. The average Bonchev–Trinajstić information content (AvgIpc) is 3.92. The predicted octanol–water partition coefficient (Wildman–Crippen LogP) is 5.71. The van der Waals surface area contributed by atoms with Crippen LogP contribution in [0.25, 0.3) is 39.0 Å². The van der Waals surface area contributed by atoms with Gasteiger partial charge in [0.05, 0.1) is 60.9 Å². The number of rotatable bonds is 13. The molecular formula is C39H41ClN6O6. The molecule has 2 aliphatic rings. The molecule has 2 aromatic heterocycles. The minimum atomic E-state index is -0.765. The van der Waals surface area contributed by atoms with Crippen LogP contribution in [0.15, 0.2) is 66.9 Å². The summed E-state index contributed by atoms with van der Waals surface area (Å²) < 4.78 is 19.2. The van der Waals surface area contributed by atoms with E-state index in [0.29, 0.717) is 73.7 Å². The van der Waals surface area contributed by atoms with Crippen molar-refractivity contribution in [3.05, 3.63) is 83.0 Å². The topological polar surface area (TPSA) is 140 Å². The van der Waals surface area contributed by atoms with Crippen LogP contribution in [0.5, 0.6) is 17.4 Å². The largest absolute Gasteiger partial charge is 0.496 e. The molecule has 7 rings (SSSR count). The number of benzene rings is 3. The van der Waals surface area contributed by atoms with E-state index in [1.54, 1.807) is 21.3 Å². The maximum Gasteiger partial charge on any atom is 0.307 e. The number of nitrogens with zero attached hydrogens (tertiary/aromatic N) is 4. The van der Waals surface area contributed by atoms with E-state index < -0.39 is 5.97 Å². The molecule has 0 aliphatic carbocycles. The summed E-state index contributed by atoms with van der Waals surface area (Å²) in [7, 11) is 4.84. The van der Waals surface area contributed by atoms with Crippen LogP contribution < -0.4 is 24.8 Å². The van der Waals surface area contributed by atoms with Gasteiger partial charge in [-0.15, -0.1) is 0 Å². The fourth-order valence-electron chi connectivity index (χ4n) is 7.22. The quantitative estimate of drug-likeness (QED) is 0.138. The molecule has 0 spiro atoms. The number of aromatic nitrogens is 3. The monoisotopic (exact) mass is 724 g/mol. The molecule has 0 unspecified atom stereocenters. The van der Waals surface area contributed by atoms with Gasteiger partial charge >= 0.3 is 5.97 Å². The molecule has 12 nitrogen and oxygen atoms in total. The lowest BCUT2D eigenvalue weighted by Crippen LogP contribution is -2.35. The number of hydrogen-bond donors (Lipinski definition) is 3. The molecule has 3 aromatic carbocycles. The van der Waals surface area contributed by atoms with E-state index in [9.17, 15) is 14.7 Å². The zero-order valence-electron chi connectivity index (χ0n) is 29.3. The Hall–Kier alpha value is -5.17. The SMILES string of the molecule is COc1cc(-n2ncc3c(-c4cccc(-c5ccc(CNC[C@@H]6CCC(=O)N6)c(OC)n5)c4Cl)cccc32)cc(OC)c1CN1CC[C@@H](C(=O)O)C1. The summed E-state index contributed by atoms with van der Waals surface area (Å²) in [4.78, 5) is 30.0. The summed E-state index contributed by atoms with van der Waals surface area (Å²) in [5.74, 6) is 0.735. The number of likely N-dealkylation sites (tertiary alicyclic amines) is 1. The Balaban J connectivity index is 1.17. The third kappa shape index (κ3) is 7.01. The zero-order chi connectivity index (χ0) is 36.4. The van der Waals surface area contributed by atoms with Gasteiger partial charge < -0.3 is 30.0 Å². The van der Waals surface area contributed by atoms with Crippen LogP contribution in [0.4, 0.5) is 0 Å². The standard InChI is InChI=1S/C39H41ClN6O6/c1-50-34-16-26(17-35(51-2)31(34)22-45-15-14-24(21-45)39(48)49)46-33-9-5-6-27(30(33)20-42-46)28-7-4-8-29(37(28)40)32-12-10-23(38(44-32)52-3)18-41-19-25-11-13-36(47)43-25/h4-10,12,16-17,20,24-25,41H,11,13-15,18-19,21-22H2,1-3H3,(H,43,47)(H,48,49)/t24-,25+/m1/s1. The maximum absolute atomic E-state index is 11.5. The van der Waals surface area contributed by atoms with Gasteiger partial charge in [0.2, 0.25) is 11.8 Å². The second-order valence-corrected chi connectivity index (χ2v) is 13.5. The summed E-state index contributed by atoms with van der Waals surface area (Å²) in [6.45, 7) is 2.91. The van der Waals surface area contributed by atoms with Crippen LogP contribution in [-0.4, -0.2) is 83.7 Å². The van der Waals surface area contributed by atoms with Crippen molar-refractivity contribution >= 4 is 34.4 Å². The van der Waals surface area contributed by atoms with Gasteiger partial charge in [0.15, 0.2) is 0 Å². The van der Waals surface area contributed by atoms with Crippen LogP contribution in [-0.2, 0) is 22.7 Å². The van der Waals surface area contributed by atoms with Gasteiger partial charge in [0.1, 0.15) is 11.5 Å². The molecule has 2 aliphatic heterocycles. The van der Waals surface area contributed by atoms with Gasteiger partial charge in [-0.2, -0.15) is 5.10 Å². The Kier molecular flexibility index (Phi) is 10.3. The van der Waals surface area contributed by atoms with Gasteiger partial charge in [0.25, 0.3) is 0 Å². The molecule has 4 heterocycles. The van der Waals surface area contributed by atoms with E-state index in [1.165, 1.54) is 0 Å². The Bertz CT molecular complexity index is 2110. The molecule has 2 fully saturated rings. The number of pyridine rings is 1. The number of carboxylic acid groups (broad SMARTS) is 1. The van der Waals surface area contributed by atoms with E-state index in [1.807, 2.05) is 71.5 Å². The minimum absolute atomic E-state index is 0.0970. The van der Waals surface area contributed by atoms with Crippen molar-refractivity contribution in [2.45, 2.75) is 38.4 Å². The first kappa shape index (κ1) is 35.2. The molecule has 52 heavy (non-hydrogen) atoms. The third-order valence-corrected chi connectivity index (χ3v) is 10.3. The summed E-state index contributed by atoms with van der Waals surface area (Å²) in [6.07, 6.45) is 3.85. The fourth-order valence-corrected chi connectivity index (χ4v) is 7.55. The number of carbonyl (C=O) groups is 2. The zero-order valence-corrected chi connectivity index (χ0v) is 30.1. The van der Waals surface area contributed by atoms with Crippen molar-refractivity contribution in [1.29, 1.82) is 0 Å². The van der Waals surface area contributed by atoms with E-state index in [-0.39, 0.29) is 17.9 Å². The summed E-state index contributed by atoms with van der Waals surface area (Å²) >= 11 is 7.17. The Morgan fingerprint density at radius 1 is 1.00 bits per heavy atom. The lowest BCUT2D eigenvalue weighted by Gasteiger charge is -2.21. The second kappa shape index (κ2) is 15.2. The molecule has 270 valence electrons. The summed E-state index contributed by atoms with van der Waals surface area (Å²) in [5.41, 5.74) is 6.60. The van der Waals surface area contributed by atoms with Crippen LogP contribution in [0.3, 0.4) is 0 Å². The smallest absolute Gasteiger partial charge is 0.307 e. The normalized spacial score (nSPS) is 17.4. The molecule has 13 heteroatoms. The Labute approximate surface area is 306 Å². The lowest BCUT2D eigenvalue weighted by atomic mass is 9.98. The van der Waals surface area contributed by atoms with Gasteiger partial charge in [-0.05, 0) is 37.1 Å². The Morgan fingerprint density at radius 2 is 1.75 bits per heavy atom. The molecular weight excluding hydrogens is 684 g/mol. The first-order valence-electron chi connectivity index (χ1n) is 17.3. The molecule has 2 atom stereocenters. The van der Waals surface area contributed by atoms with E-state index >= 15 is 0 Å². The average molecular weight is 725 g/mol. The first-order valence-corrected chi connectivity index (χ1v) is 17.7. The summed E-state index contributed by atoms with van der Waals surface area (Å²) in [6, 6.07) is 19.8. The van der Waals surface area contributed by atoms with Crippen molar-refractivity contribution in [1.82, 2.24) is 30.3 Å². The van der Waals surface area contributed by atoms with Gasteiger partial charge in [-0.3, -0.25) is 14.5 Å². The third-order valence-electron chi connectivity index (χ3n) is 9.94. The maximum atomic E-state index is 11.5. The highest BCUT2D eigenvalue weighted by molar-refractivity contribution is 6.36. The Morgan fingerprint density at radius 3 is 2.44 bits per heavy atom. The number of ether oxygens (including phenoxy) is 3. The van der Waals surface area contributed by atoms with Gasteiger partial charge in [-0.1, -0.05) is 48.0 Å². The second-order valence-electron chi connectivity index (χ2n) is 13.1. The molecule has 0 saturated carbocycles. The van der Waals surface area contributed by atoms with E-state index in [4.69, 9.17) is 35.9 Å². The van der Waals surface area contributed by atoms with Crippen LogP contribution >= 0.6 is 11.6 Å². The number of halogens is 1. The number of hydrogen-bond acceptors (Lipinski definition) is 9.